The van der Waals surface area contributed by atoms with Gasteiger partial charge in [-0.3, -0.25) is 10.1 Å². The molecule has 0 aliphatic heterocycles. The second kappa shape index (κ2) is 6.52. The molecule has 2 aromatic carbocycles. The largest absolute Gasteiger partial charge is 0.323 e. The lowest BCUT2D eigenvalue weighted by Crippen LogP contribution is -2.20. The molecule has 2 amide bonds. The number of benzene rings is 2. The van der Waals surface area contributed by atoms with Crippen LogP contribution in [0.3, 0.4) is 0 Å². The number of aryl methyl sites for hydroxylation is 2. The summed E-state index contributed by atoms with van der Waals surface area (Å²) < 4.78 is 0. The number of para-hydroxylation sites is 2. The number of hydrogen-bond acceptors (Lipinski definition) is 5. The van der Waals surface area contributed by atoms with Gasteiger partial charge in [0, 0.05) is 11.8 Å². The molecule has 0 aliphatic rings. The maximum Gasteiger partial charge on any atom is 0.323 e. The first-order valence-electron chi connectivity index (χ1n) is 7.50. The molecule has 0 atom stereocenters. The third-order valence-electron chi connectivity index (χ3n) is 3.68. The number of carbonyl (C=O) groups excluding carboxylic acids is 1. The van der Waals surface area contributed by atoms with Gasteiger partial charge in [-0.15, -0.1) is 0 Å². The van der Waals surface area contributed by atoms with E-state index in [0.29, 0.717) is 11.2 Å². The summed E-state index contributed by atoms with van der Waals surface area (Å²) in [6, 6.07) is 10.5. The second-order valence-corrected chi connectivity index (χ2v) is 5.45. The Hall–Kier alpha value is -3.55. The van der Waals surface area contributed by atoms with E-state index in [1.165, 1.54) is 18.2 Å². The van der Waals surface area contributed by atoms with Gasteiger partial charge in [0.2, 0.25) is 0 Å². The van der Waals surface area contributed by atoms with Gasteiger partial charge >= 0.3 is 6.03 Å². The van der Waals surface area contributed by atoms with Crippen LogP contribution >= 0.6 is 0 Å². The topological polar surface area (TPSA) is 110 Å². The Kier molecular flexibility index (Phi) is 4.25. The molecule has 0 saturated carbocycles. The Balaban J connectivity index is 1.80. The summed E-state index contributed by atoms with van der Waals surface area (Å²) in [5, 5.41) is 16.1. The van der Waals surface area contributed by atoms with Crippen LogP contribution < -0.4 is 10.6 Å². The fourth-order valence-electron chi connectivity index (χ4n) is 2.33. The molecule has 1 aromatic heterocycles. The molecule has 126 valence electrons. The zero-order valence-corrected chi connectivity index (χ0v) is 13.6. The van der Waals surface area contributed by atoms with Gasteiger partial charge in [-0.25, -0.2) is 14.8 Å². The molecule has 0 unspecified atom stereocenters. The van der Waals surface area contributed by atoms with Gasteiger partial charge in [0.1, 0.15) is 5.69 Å². The standard InChI is InChI=1S/C17H15N5O3/c1-10-11(2)19-15-9-12(7-8-13(15)18-10)20-17(23)21-14-5-3-4-6-16(14)22(24)25/h3-9H,1-2H3,(H2,20,21,23). The first kappa shape index (κ1) is 16.3. The maximum atomic E-state index is 12.1. The van der Waals surface area contributed by atoms with Crippen molar-refractivity contribution in [1.29, 1.82) is 0 Å². The number of aromatic nitrogens is 2. The summed E-state index contributed by atoms with van der Waals surface area (Å²) in [4.78, 5) is 31.4. The minimum Gasteiger partial charge on any atom is -0.308 e. The fraction of sp³-hybridized carbons (Fsp3) is 0.118. The van der Waals surface area contributed by atoms with E-state index in [1.807, 2.05) is 13.8 Å². The van der Waals surface area contributed by atoms with Crippen LogP contribution in [0.1, 0.15) is 11.4 Å². The summed E-state index contributed by atoms with van der Waals surface area (Å²) in [6.45, 7) is 3.75. The molecule has 25 heavy (non-hydrogen) atoms. The molecule has 0 bridgehead atoms. The number of urea groups is 1. The number of anilines is 2. The molecular formula is C17H15N5O3. The SMILES string of the molecule is Cc1nc2ccc(NC(=O)Nc3ccccc3[N+](=O)[O-])cc2nc1C. The van der Waals surface area contributed by atoms with Gasteiger partial charge < -0.3 is 10.6 Å². The highest BCUT2D eigenvalue weighted by Crippen LogP contribution is 2.23. The van der Waals surface area contributed by atoms with Crippen molar-refractivity contribution in [2.24, 2.45) is 0 Å². The molecule has 0 fully saturated rings. The fourth-order valence-corrected chi connectivity index (χ4v) is 2.33. The summed E-state index contributed by atoms with van der Waals surface area (Å²) >= 11 is 0. The number of carbonyl (C=O) groups is 1. The summed E-state index contributed by atoms with van der Waals surface area (Å²) in [6.07, 6.45) is 0. The number of nitro groups is 1. The van der Waals surface area contributed by atoms with E-state index >= 15 is 0 Å². The number of nitrogens with one attached hydrogen (secondary N) is 2. The van der Waals surface area contributed by atoms with E-state index in [4.69, 9.17) is 0 Å². The Morgan fingerprint density at radius 1 is 1.00 bits per heavy atom. The molecule has 2 N–H and O–H groups in total. The Morgan fingerprint density at radius 2 is 1.68 bits per heavy atom. The monoisotopic (exact) mass is 337 g/mol. The summed E-state index contributed by atoms with van der Waals surface area (Å²) in [7, 11) is 0. The van der Waals surface area contributed by atoms with E-state index in [1.54, 1.807) is 24.3 Å². The lowest BCUT2D eigenvalue weighted by Gasteiger charge is -2.09. The van der Waals surface area contributed by atoms with Crippen LogP contribution in [0.25, 0.3) is 11.0 Å². The number of hydrogen-bond donors (Lipinski definition) is 2. The van der Waals surface area contributed by atoms with Gasteiger partial charge in [0.15, 0.2) is 0 Å². The van der Waals surface area contributed by atoms with Gasteiger partial charge in [0.25, 0.3) is 5.69 Å². The predicted molar refractivity (Wildman–Crippen MR) is 94.7 cm³/mol. The molecule has 0 saturated heterocycles. The smallest absolute Gasteiger partial charge is 0.308 e. The third-order valence-corrected chi connectivity index (χ3v) is 3.68. The van der Waals surface area contributed by atoms with Crippen molar-refractivity contribution in [1.82, 2.24) is 9.97 Å². The van der Waals surface area contributed by atoms with E-state index in [0.717, 1.165) is 16.9 Å². The van der Waals surface area contributed by atoms with Crippen LogP contribution in [0.4, 0.5) is 21.9 Å². The van der Waals surface area contributed by atoms with Crippen LogP contribution in [0.15, 0.2) is 42.5 Å². The number of rotatable bonds is 3. The van der Waals surface area contributed by atoms with Crippen molar-refractivity contribution in [3.8, 4) is 0 Å². The van der Waals surface area contributed by atoms with E-state index < -0.39 is 11.0 Å². The first-order valence-corrected chi connectivity index (χ1v) is 7.50. The zero-order valence-electron chi connectivity index (χ0n) is 13.6. The Morgan fingerprint density at radius 3 is 2.40 bits per heavy atom. The molecule has 1 heterocycles. The lowest BCUT2D eigenvalue weighted by molar-refractivity contribution is -0.383. The van der Waals surface area contributed by atoms with E-state index in [-0.39, 0.29) is 11.4 Å². The predicted octanol–water partition coefficient (Wildman–Crippen LogP) is 3.80. The van der Waals surface area contributed by atoms with Crippen molar-refractivity contribution >= 4 is 34.1 Å². The van der Waals surface area contributed by atoms with Crippen molar-refractivity contribution in [3.05, 3.63) is 64.0 Å². The van der Waals surface area contributed by atoms with Crippen molar-refractivity contribution in [2.45, 2.75) is 13.8 Å². The molecule has 0 spiro atoms. The highest BCUT2D eigenvalue weighted by molar-refractivity contribution is 6.01. The van der Waals surface area contributed by atoms with Crippen LogP contribution in [0, 0.1) is 24.0 Å². The van der Waals surface area contributed by atoms with Crippen LogP contribution in [0.5, 0.6) is 0 Å². The molecule has 8 nitrogen and oxygen atoms in total. The molecule has 3 aromatic rings. The minimum absolute atomic E-state index is 0.122. The van der Waals surface area contributed by atoms with Gasteiger partial charge in [-0.05, 0) is 38.1 Å². The summed E-state index contributed by atoms with van der Waals surface area (Å²) in [5.41, 5.74) is 3.52. The summed E-state index contributed by atoms with van der Waals surface area (Å²) in [5.74, 6) is 0. The average Bonchev–Trinajstić information content (AvgIpc) is 2.56. The Bertz CT molecular complexity index is 987. The lowest BCUT2D eigenvalue weighted by atomic mass is 10.2. The normalized spacial score (nSPS) is 10.5. The van der Waals surface area contributed by atoms with Gasteiger partial charge in [0.05, 0.1) is 27.3 Å². The van der Waals surface area contributed by atoms with E-state index in [9.17, 15) is 14.9 Å². The maximum absolute atomic E-state index is 12.1. The highest BCUT2D eigenvalue weighted by atomic mass is 16.6. The van der Waals surface area contributed by atoms with Crippen LogP contribution in [-0.2, 0) is 0 Å². The van der Waals surface area contributed by atoms with Crippen molar-refractivity contribution < 1.29 is 9.72 Å². The van der Waals surface area contributed by atoms with Gasteiger partial charge in [-0.2, -0.15) is 0 Å². The van der Waals surface area contributed by atoms with Crippen LogP contribution in [0.2, 0.25) is 0 Å². The third kappa shape index (κ3) is 3.52. The van der Waals surface area contributed by atoms with Gasteiger partial charge in [-0.1, -0.05) is 12.1 Å². The molecule has 8 heteroatoms. The molecular weight excluding hydrogens is 322 g/mol. The van der Waals surface area contributed by atoms with E-state index in [2.05, 4.69) is 20.6 Å². The zero-order chi connectivity index (χ0) is 18.0. The first-order chi connectivity index (χ1) is 11.9. The number of fused-ring (bicyclic) bond motifs is 1. The second-order valence-electron chi connectivity index (χ2n) is 5.45. The van der Waals surface area contributed by atoms with Crippen LogP contribution in [-0.4, -0.2) is 20.9 Å². The number of nitro benzene ring substituents is 1. The number of nitrogens with zero attached hydrogens (tertiary/aromatic N) is 3. The molecule has 0 aliphatic carbocycles. The Labute approximate surface area is 143 Å². The molecule has 3 rings (SSSR count). The highest BCUT2D eigenvalue weighted by Gasteiger charge is 2.14. The molecule has 0 radical (unpaired) electrons. The van der Waals surface area contributed by atoms with Crippen molar-refractivity contribution in [3.63, 3.8) is 0 Å². The van der Waals surface area contributed by atoms with Crippen molar-refractivity contribution in [2.75, 3.05) is 10.6 Å². The quantitative estimate of drug-likeness (QED) is 0.558. The number of amides is 2. The average molecular weight is 337 g/mol. The minimum atomic E-state index is -0.578.